The quantitative estimate of drug-likeness (QED) is 0.379. The van der Waals surface area contributed by atoms with Crippen molar-refractivity contribution in [3.63, 3.8) is 0 Å². The Hall–Kier alpha value is -1.08. The Balaban J connectivity index is 2.54. The Kier molecular flexibility index (Phi) is 7.54. The molecule has 3 atom stereocenters. The Morgan fingerprint density at radius 3 is 2.57 bits per heavy atom. The minimum Gasteiger partial charge on any atom is -0.481 e. The first-order chi connectivity index (χ1) is 10.7. The van der Waals surface area contributed by atoms with Gasteiger partial charge in [-0.1, -0.05) is 33.5 Å². The highest BCUT2D eigenvalue weighted by Gasteiger charge is 2.45. The SMILES string of the molecule is CB(O)CCCC[C@@]1(C(=O)O)CC[C@H](NC(=O)[C@@H](N)C(C)C)C1. The van der Waals surface area contributed by atoms with Crippen LogP contribution in [0.5, 0.6) is 0 Å². The van der Waals surface area contributed by atoms with Gasteiger partial charge in [-0.3, -0.25) is 9.59 Å². The van der Waals surface area contributed by atoms with Gasteiger partial charge in [0.15, 0.2) is 0 Å². The number of carbonyl (C=O) groups excluding carboxylic acids is 1. The lowest BCUT2D eigenvalue weighted by Gasteiger charge is -2.25. The molecule has 0 unspecified atom stereocenters. The molecule has 0 aromatic heterocycles. The van der Waals surface area contributed by atoms with Crippen molar-refractivity contribution >= 4 is 18.8 Å². The molecule has 0 spiro atoms. The molecule has 132 valence electrons. The van der Waals surface area contributed by atoms with Crippen molar-refractivity contribution in [3.8, 4) is 0 Å². The summed E-state index contributed by atoms with van der Waals surface area (Å²) < 4.78 is 0. The molecule has 0 aromatic rings. The van der Waals surface area contributed by atoms with Crippen LogP contribution in [0.4, 0.5) is 0 Å². The van der Waals surface area contributed by atoms with E-state index in [0.29, 0.717) is 32.0 Å². The number of amides is 1. The number of rotatable bonds is 9. The van der Waals surface area contributed by atoms with Crippen molar-refractivity contribution in [1.82, 2.24) is 5.32 Å². The van der Waals surface area contributed by atoms with Crippen LogP contribution in [-0.2, 0) is 9.59 Å². The Morgan fingerprint density at radius 2 is 2.04 bits per heavy atom. The van der Waals surface area contributed by atoms with E-state index >= 15 is 0 Å². The fraction of sp³-hybridized carbons (Fsp3) is 0.875. The molecule has 1 amide bonds. The number of carboxylic acid groups (broad SMARTS) is 1. The number of aliphatic carboxylic acids is 1. The lowest BCUT2D eigenvalue weighted by molar-refractivity contribution is -0.149. The molecule has 0 heterocycles. The smallest absolute Gasteiger partial charge is 0.309 e. The summed E-state index contributed by atoms with van der Waals surface area (Å²) in [5.74, 6) is -0.916. The minimum absolute atomic E-state index is 0.0566. The second-order valence-electron chi connectivity index (χ2n) is 7.40. The van der Waals surface area contributed by atoms with Gasteiger partial charge >= 0.3 is 5.97 Å². The van der Waals surface area contributed by atoms with Crippen LogP contribution in [0.2, 0.25) is 13.1 Å². The predicted molar refractivity (Wildman–Crippen MR) is 91.2 cm³/mol. The second-order valence-corrected chi connectivity index (χ2v) is 7.40. The van der Waals surface area contributed by atoms with E-state index < -0.39 is 17.4 Å². The van der Waals surface area contributed by atoms with Crippen molar-refractivity contribution in [2.45, 2.75) is 77.6 Å². The van der Waals surface area contributed by atoms with Crippen LogP contribution < -0.4 is 11.1 Å². The number of nitrogens with one attached hydrogen (secondary N) is 1. The maximum Gasteiger partial charge on any atom is 0.309 e. The van der Waals surface area contributed by atoms with E-state index in [1.165, 1.54) is 0 Å². The molecule has 5 N–H and O–H groups in total. The molecule has 6 nitrogen and oxygen atoms in total. The van der Waals surface area contributed by atoms with E-state index in [0.717, 1.165) is 12.8 Å². The zero-order valence-electron chi connectivity index (χ0n) is 14.5. The zero-order valence-corrected chi connectivity index (χ0v) is 14.5. The highest BCUT2D eigenvalue weighted by Crippen LogP contribution is 2.43. The van der Waals surface area contributed by atoms with Gasteiger partial charge in [-0.05, 0) is 37.9 Å². The van der Waals surface area contributed by atoms with Crippen molar-refractivity contribution in [3.05, 3.63) is 0 Å². The van der Waals surface area contributed by atoms with Gasteiger partial charge in [-0.25, -0.2) is 0 Å². The van der Waals surface area contributed by atoms with Gasteiger partial charge in [0.1, 0.15) is 0 Å². The van der Waals surface area contributed by atoms with E-state index in [2.05, 4.69) is 5.32 Å². The predicted octanol–water partition coefficient (Wildman–Crippen LogP) is 1.49. The summed E-state index contributed by atoms with van der Waals surface area (Å²) in [6, 6.07) is -0.666. The van der Waals surface area contributed by atoms with Gasteiger partial charge in [0.05, 0.1) is 11.5 Å². The van der Waals surface area contributed by atoms with Gasteiger partial charge in [0, 0.05) is 6.04 Å². The number of nitrogens with two attached hydrogens (primary N) is 1. The normalized spacial score (nSPS) is 25.4. The van der Waals surface area contributed by atoms with Crippen LogP contribution in [0, 0.1) is 11.3 Å². The van der Waals surface area contributed by atoms with Gasteiger partial charge in [0.2, 0.25) is 5.91 Å². The molecule has 0 bridgehead atoms. The van der Waals surface area contributed by atoms with E-state index in [1.54, 1.807) is 6.82 Å². The fourth-order valence-electron chi connectivity index (χ4n) is 3.28. The van der Waals surface area contributed by atoms with Crippen molar-refractivity contribution in [2.75, 3.05) is 0 Å². The molecule has 0 radical (unpaired) electrons. The first-order valence-electron chi connectivity index (χ1n) is 8.65. The van der Waals surface area contributed by atoms with Crippen LogP contribution in [-0.4, -0.2) is 41.0 Å². The third kappa shape index (κ3) is 5.81. The topological polar surface area (TPSA) is 113 Å². The maximum absolute atomic E-state index is 12.0. The summed E-state index contributed by atoms with van der Waals surface area (Å²) in [5, 5.41) is 21.8. The fourth-order valence-corrected chi connectivity index (χ4v) is 3.28. The first kappa shape index (κ1) is 20.0. The van der Waals surface area contributed by atoms with Crippen LogP contribution in [0.1, 0.15) is 52.4 Å². The number of hydrogen-bond donors (Lipinski definition) is 4. The van der Waals surface area contributed by atoms with Crippen molar-refractivity contribution in [1.29, 1.82) is 0 Å². The number of carbonyl (C=O) groups is 2. The third-order valence-electron chi connectivity index (χ3n) is 4.96. The second kappa shape index (κ2) is 8.69. The van der Waals surface area contributed by atoms with E-state index in [4.69, 9.17) is 5.73 Å². The van der Waals surface area contributed by atoms with Crippen LogP contribution in [0.25, 0.3) is 0 Å². The standard InChI is InChI=1S/C16H31BN2O4/c1-11(2)13(18)14(20)19-12-6-8-16(10-12,15(21)22)7-4-5-9-17(3)23/h11-13,23H,4-10,18H2,1-3H3,(H,19,20)(H,21,22)/t12-,13-,16+/m0/s1. The number of unbranched alkanes of at least 4 members (excludes halogenated alkanes) is 1. The van der Waals surface area contributed by atoms with Gasteiger partial charge in [-0.15, -0.1) is 0 Å². The summed E-state index contributed by atoms with van der Waals surface area (Å²) in [4.78, 5) is 23.8. The molecular formula is C16H31BN2O4. The van der Waals surface area contributed by atoms with Crippen molar-refractivity contribution in [2.24, 2.45) is 17.1 Å². The molecular weight excluding hydrogens is 295 g/mol. The molecule has 0 aromatic carbocycles. The maximum atomic E-state index is 12.0. The lowest BCUT2D eigenvalue weighted by atomic mass is 9.66. The highest BCUT2D eigenvalue weighted by molar-refractivity contribution is 6.48. The Labute approximate surface area is 139 Å². The molecule has 0 aliphatic heterocycles. The largest absolute Gasteiger partial charge is 0.481 e. The molecule has 1 aliphatic carbocycles. The summed E-state index contributed by atoms with van der Waals surface area (Å²) in [5.41, 5.74) is 5.09. The van der Waals surface area contributed by atoms with Crippen LogP contribution >= 0.6 is 0 Å². The molecule has 1 aliphatic rings. The molecule has 7 heteroatoms. The zero-order chi connectivity index (χ0) is 17.6. The highest BCUT2D eigenvalue weighted by atomic mass is 16.4. The van der Waals surface area contributed by atoms with Gasteiger partial charge in [-0.2, -0.15) is 0 Å². The Morgan fingerprint density at radius 1 is 1.39 bits per heavy atom. The number of carboxylic acids is 1. The molecule has 1 saturated carbocycles. The summed E-state index contributed by atoms with van der Waals surface area (Å²) in [6.07, 6.45) is 4.62. The molecule has 1 fully saturated rings. The summed E-state index contributed by atoms with van der Waals surface area (Å²) in [7, 11) is 0. The van der Waals surface area contributed by atoms with E-state index in [9.17, 15) is 19.7 Å². The molecule has 23 heavy (non-hydrogen) atoms. The van der Waals surface area contributed by atoms with Gasteiger partial charge < -0.3 is 21.2 Å². The third-order valence-corrected chi connectivity index (χ3v) is 4.96. The lowest BCUT2D eigenvalue weighted by Crippen LogP contribution is -2.47. The van der Waals surface area contributed by atoms with E-state index in [1.807, 2.05) is 13.8 Å². The average Bonchev–Trinajstić information content (AvgIpc) is 2.87. The van der Waals surface area contributed by atoms with E-state index in [-0.39, 0.29) is 24.8 Å². The van der Waals surface area contributed by atoms with Crippen LogP contribution in [0.15, 0.2) is 0 Å². The van der Waals surface area contributed by atoms with Gasteiger partial charge in [0.25, 0.3) is 6.92 Å². The van der Waals surface area contributed by atoms with Crippen LogP contribution in [0.3, 0.4) is 0 Å². The Bertz CT molecular complexity index is 417. The number of hydrogen-bond acceptors (Lipinski definition) is 4. The monoisotopic (exact) mass is 326 g/mol. The summed E-state index contributed by atoms with van der Waals surface area (Å²) in [6.45, 7) is 5.18. The molecule has 1 rings (SSSR count). The minimum atomic E-state index is -0.778. The van der Waals surface area contributed by atoms with Crippen molar-refractivity contribution < 1.29 is 19.7 Å². The average molecular weight is 326 g/mol. The molecule has 0 saturated heterocycles. The summed E-state index contributed by atoms with van der Waals surface area (Å²) >= 11 is 0. The first-order valence-corrected chi connectivity index (χ1v) is 8.65.